The van der Waals surface area contributed by atoms with Crippen LogP contribution in [0, 0.1) is 5.92 Å². The number of amides is 3. The van der Waals surface area contributed by atoms with Gasteiger partial charge in [-0.2, -0.15) is 0 Å². The van der Waals surface area contributed by atoms with Crippen LogP contribution in [0.3, 0.4) is 0 Å². The minimum absolute atomic E-state index is 0.291. The van der Waals surface area contributed by atoms with Gasteiger partial charge in [0.05, 0.1) is 19.3 Å². The van der Waals surface area contributed by atoms with Crippen LogP contribution >= 0.6 is 0 Å². The normalized spacial score (nSPS) is 13.7. The van der Waals surface area contributed by atoms with Crippen LogP contribution in [0.25, 0.3) is 0 Å². The molecule has 0 bridgehead atoms. The molecule has 12 nitrogen and oxygen atoms in total. The number of carboxylic acids is 3. The number of hydrogen-bond donors (Lipinski definition) is 6. The van der Waals surface area contributed by atoms with Crippen LogP contribution in [0.5, 0.6) is 0 Å². The molecular weight excluding hydrogens is 378 g/mol. The third-order valence-corrected chi connectivity index (χ3v) is 3.61. The van der Waals surface area contributed by atoms with Crippen molar-refractivity contribution in [2.75, 3.05) is 0 Å². The van der Waals surface area contributed by atoms with Gasteiger partial charge >= 0.3 is 17.9 Å². The summed E-state index contributed by atoms with van der Waals surface area (Å²) in [5, 5.41) is 33.3. The molecule has 0 radical (unpaired) electrons. The fraction of sp³-hybridized carbons (Fsp3) is 0.625. The molecule has 158 valence electrons. The van der Waals surface area contributed by atoms with Crippen LogP contribution in [-0.4, -0.2) is 69.1 Å². The lowest BCUT2D eigenvalue weighted by atomic mass is 10.00. The standard InChI is InChI=1S/C16H25N3O9/c1-7(2)9(4-12(21)22)18-16(28)11(6-14(25)26)19-15(27)10(5-13(23)24)17-8(3)20/h7,9-11H,4-6H2,1-3H3,(H,17,20)(H,18,28)(H,19,27)(H,21,22)(H,23,24)(H,25,26)/t9-,10?,11-/m0/s1. The van der Waals surface area contributed by atoms with E-state index in [9.17, 15) is 28.8 Å². The molecule has 3 amide bonds. The van der Waals surface area contributed by atoms with E-state index in [0.717, 1.165) is 6.92 Å². The summed E-state index contributed by atoms with van der Waals surface area (Å²) in [4.78, 5) is 68.6. The summed E-state index contributed by atoms with van der Waals surface area (Å²) in [6.07, 6.45) is -2.01. The zero-order chi connectivity index (χ0) is 22.0. The Morgan fingerprint density at radius 3 is 1.43 bits per heavy atom. The number of aliphatic carboxylic acids is 3. The SMILES string of the molecule is CC(=O)NC(CC(=O)O)C(=O)N[C@@H](CC(=O)O)C(=O)N[C@@H](CC(=O)O)C(C)C. The smallest absolute Gasteiger partial charge is 0.305 e. The van der Waals surface area contributed by atoms with Crippen molar-refractivity contribution in [3.05, 3.63) is 0 Å². The number of carbonyl (C=O) groups is 6. The maximum atomic E-state index is 12.4. The van der Waals surface area contributed by atoms with Gasteiger partial charge in [-0.05, 0) is 5.92 Å². The van der Waals surface area contributed by atoms with E-state index in [0.29, 0.717) is 0 Å². The summed E-state index contributed by atoms with van der Waals surface area (Å²) in [6.45, 7) is 4.36. The molecule has 0 aromatic carbocycles. The minimum atomic E-state index is -1.59. The number of rotatable bonds is 12. The Balaban J connectivity index is 5.36. The third-order valence-electron chi connectivity index (χ3n) is 3.61. The van der Waals surface area contributed by atoms with Crippen LogP contribution in [-0.2, 0) is 28.8 Å². The Bertz CT molecular complexity index is 617. The molecule has 0 saturated heterocycles. The maximum absolute atomic E-state index is 12.4. The third kappa shape index (κ3) is 10.1. The van der Waals surface area contributed by atoms with Gasteiger partial charge in [0.25, 0.3) is 0 Å². The topological polar surface area (TPSA) is 199 Å². The van der Waals surface area contributed by atoms with Crippen LogP contribution in [0.15, 0.2) is 0 Å². The molecule has 1 unspecified atom stereocenters. The fourth-order valence-electron chi connectivity index (χ4n) is 2.21. The highest BCUT2D eigenvalue weighted by molar-refractivity contribution is 5.95. The fourth-order valence-corrected chi connectivity index (χ4v) is 2.21. The predicted molar refractivity (Wildman–Crippen MR) is 93.1 cm³/mol. The second-order valence-corrected chi connectivity index (χ2v) is 6.47. The van der Waals surface area contributed by atoms with Crippen molar-refractivity contribution in [3.63, 3.8) is 0 Å². The molecule has 0 heterocycles. The van der Waals surface area contributed by atoms with Crippen LogP contribution in [0.4, 0.5) is 0 Å². The molecule has 0 aliphatic rings. The molecule has 6 N–H and O–H groups in total. The molecule has 3 atom stereocenters. The number of nitrogens with one attached hydrogen (secondary N) is 3. The van der Waals surface area contributed by atoms with Crippen LogP contribution in [0.1, 0.15) is 40.0 Å². The van der Waals surface area contributed by atoms with Gasteiger partial charge in [0.2, 0.25) is 17.7 Å². The molecule has 0 spiro atoms. The average Bonchev–Trinajstić information content (AvgIpc) is 2.50. The van der Waals surface area contributed by atoms with E-state index < -0.39 is 73.0 Å². The highest BCUT2D eigenvalue weighted by atomic mass is 16.4. The Morgan fingerprint density at radius 2 is 1.07 bits per heavy atom. The Hall–Kier alpha value is -3.18. The molecule has 0 aliphatic heterocycles. The summed E-state index contributed by atoms with van der Waals surface area (Å²) in [5.74, 6) is -6.97. The first-order valence-electron chi connectivity index (χ1n) is 8.36. The first kappa shape index (κ1) is 24.8. The van der Waals surface area contributed by atoms with Crippen molar-refractivity contribution in [2.45, 2.75) is 58.2 Å². The van der Waals surface area contributed by atoms with Crippen LogP contribution in [0.2, 0.25) is 0 Å². The first-order chi connectivity index (χ1) is 12.8. The van der Waals surface area contributed by atoms with Gasteiger partial charge < -0.3 is 31.3 Å². The van der Waals surface area contributed by atoms with E-state index in [2.05, 4.69) is 16.0 Å². The largest absolute Gasteiger partial charge is 0.481 e. The highest BCUT2D eigenvalue weighted by Gasteiger charge is 2.31. The van der Waals surface area contributed by atoms with E-state index in [4.69, 9.17) is 15.3 Å². The van der Waals surface area contributed by atoms with Gasteiger partial charge in [-0.3, -0.25) is 28.8 Å². The van der Waals surface area contributed by atoms with Crippen molar-refractivity contribution >= 4 is 35.6 Å². The van der Waals surface area contributed by atoms with Gasteiger partial charge in [-0.25, -0.2) is 0 Å². The Kier molecular flexibility index (Phi) is 10.2. The lowest BCUT2D eigenvalue weighted by Gasteiger charge is -2.25. The molecule has 0 aliphatic carbocycles. The summed E-state index contributed by atoms with van der Waals surface area (Å²) < 4.78 is 0. The lowest BCUT2D eigenvalue weighted by molar-refractivity contribution is -0.143. The molecule has 0 saturated carbocycles. The summed E-state index contributed by atoms with van der Waals surface area (Å²) >= 11 is 0. The van der Waals surface area contributed by atoms with Crippen LogP contribution < -0.4 is 16.0 Å². The molecule has 0 fully saturated rings. The van der Waals surface area contributed by atoms with Gasteiger partial charge in [0.1, 0.15) is 12.1 Å². The monoisotopic (exact) mass is 403 g/mol. The van der Waals surface area contributed by atoms with E-state index >= 15 is 0 Å². The second kappa shape index (κ2) is 11.5. The van der Waals surface area contributed by atoms with E-state index in [1.807, 2.05) is 0 Å². The van der Waals surface area contributed by atoms with Crippen molar-refractivity contribution < 1.29 is 44.1 Å². The van der Waals surface area contributed by atoms with Crippen molar-refractivity contribution in [1.29, 1.82) is 0 Å². The molecule has 28 heavy (non-hydrogen) atoms. The van der Waals surface area contributed by atoms with Crippen molar-refractivity contribution in [1.82, 2.24) is 16.0 Å². The summed E-state index contributed by atoms with van der Waals surface area (Å²) in [6, 6.07) is -3.92. The highest BCUT2D eigenvalue weighted by Crippen LogP contribution is 2.08. The first-order valence-corrected chi connectivity index (χ1v) is 8.36. The second-order valence-electron chi connectivity index (χ2n) is 6.47. The van der Waals surface area contributed by atoms with Gasteiger partial charge in [0.15, 0.2) is 0 Å². The Labute approximate surface area is 160 Å². The summed E-state index contributed by atoms with van der Waals surface area (Å²) in [5.41, 5.74) is 0. The molecule has 0 aromatic rings. The van der Waals surface area contributed by atoms with Gasteiger partial charge in [-0.1, -0.05) is 13.8 Å². The summed E-state index contributed by atoms with van der Waals surface area (Å²) in [7, 11) is 0. The van der Waals surface area contributed by atoms with E-state index in [-0.39, 0.29) is 5.92 Å². The van der Waals surface area contributed by atoms with Gasteiger partial charge in [0, 0.05) is 13.0 Å². The van der Waals surface area contributed by atoms with Crippen molar-refractivity contribution in [3.8, 4) is 0 Å². The van der Waals surface area contributed by atoms with E-state index in [1.165, 1.54) is 0 Å². The number of carbonyl (C=O) groups excluding carboxylic acids is 3. The quantitative estimate of drug-likeness (QED) is 0.225. The molecular formula is C16H25N3O9. The maximum Gasteiger partial charge on any atom is 0.305 e. The molecule has 0 aromatic heterocycles. The number of carboxylic acid groups (broad SMARTS) is 3. The molecule has 12 heteroatoms. The predicted octanol–water partition coefficient (Wildman–Crippen LogP) is -1.46. The zero-order valence-corrected chi connectivity index (χ0v) is 15.7. The average molecular weight is 403 g/mol. The van der Waals surface area contributed by atoms with Crippen molar-refractivity contribution in [2.24, 2.45) is 5.92 Å². The van der Waals surface area contributed by atoms with E-state index in [1.54, 1.807) is 13.8 Å². The molecule has 0 rings (SSSR count). The minimum Gasteiger partial charge on any atom is -0.481 e. The zero-order valence-electron chi connectivity index (χ0n) is 15.7. The Morgan fingerprint density at radius 1 is 0.679 bits per heavy atom. The van der Waals surface area contributed by atoms with Gasteiger partial charge in [-0.15, -0.1) is 0 Å². The lowest BCUT2D eigenvalue weighted by Crippen LogP contribution is -2.56. The number of hydrogen-bond acceptors (Lipinski definition) is 6.